The van der Waals surface area contributed by atoms with Crippen molar-refractivity contribution in [3.8, 4) is 6.07 Å². The van der Waals surface area contributed by atoms with Gasteiger partial charge in [-0.25, -0.2) is 4.98 Å². The van der Waals surface area contributed by atoms with Gasteiger partial charge in [0.25, 0.3) is 0 Å². The van der Waals surface area contributed by atoms with Crippen molar-refractivity contribution in [3.63, 3.8) is 0 Å². The SMILES string of the molecule is Cl.N#Cc1ccnc(N2CCN(C(=O)C(N)Cc3ccccc3)CC2)c1. The second-order valence-corrected chi connectivity index (χ2v) is 6.12. The summed E-state index contributed by atoms with van der Waals surface area (Å²) in [4.78, 5) is 20.8. The number of nitrogens with two attached hydrogens (primary N) is 1. The van der Waals surface area contributed by atoms with Crippen LogP contribution in [0.2, 0.25) is 0 Å². The zero-order valence-electron chi connectivity index (χ0n) is 14.4. The van der Waals surface area contributed by atoms with E-state index in [1.165, 1.54) is 0 Å². The predicted molar refractivity (Wildman–Crippen MR) is 103 cm³/mol. The maximum absolute atomic E-state index is 12.6. The Morgan fingerprint density at radius 1 is 1.19 bits per heavy atom. The quantitative estimate of drug-likeness (QED) is 0.882. The van der Waals surface area contributed by atoms with Crippen LogP contribution in [0.15, 0.2) is 48.7 Å². The Morgan fingerprint density at radius 2 is 1.88 bits per heavy atom. The first kappa shape index (κ1) is 19.7. The van der Waals surface area contributed by atoms with E-state index >= 15 is 0 Å². The van der Waals surface area contributed by atoms with Crippen LogP contribution in [0, 0.1) is 11.3 Å². The van der Waals surface area contributed by atoms with Gasteiger partial charge in [0, 0.05) is 32.4 Å². The third kappa shape index (κ3) is 4.72. The highest BCUT2D eigenvalue weighted by Crippen LogP contribution is 2.15. The molecule has 2 N–H and O–H groups in total. The van der Waals surface area contributed by atoms with Gasteiger partial charge in [-0.3, -0.25) is 4.79 Å². The van der Waals surface area contributed by atoms with E-state index < -0.39 is 6.04 Å². The van der Waals surface area contributed by atoms with Crippen molar-refractivity contribution in [1.29, 1.82) is 5.26 Å². The molecular weight excluding hydrogens is 350 g/mol. The van der Waals surface area contributed by atoms with E-state index in [2.05, 4.69) is 16.0 Å². The third-order valence-electron chi connectivity index (χ3n) is 4.41. The number of piperazine rings is 1. The number of anilines is 1. The molecule has 1 amide bonds. The number of nitrogens with zero attached hydrogens (tertiary/aromatic N) is 4. The van der Waals surface area contributed by atoms with Gasteiger partial charge in [0.2, 0.25) is 5.91 Å². The van der Waals surface area contributed by atoms with Crippen molar-refractivity contribution in [2.45, 2.75) is 12.5 Å². The predicted octanol–water partition coefficient (Wildman–Crippen LogP) is 1.59. The molecule has 1 aromatic carbocycles. The minimum Gasteiger partial charge on any atom is -0.353 e. The number of aromatic nitrogens is 1. The van der Waals surface area contributed by atoms with Crippen molar-refractivity contribution >= 4 is 24.1 Å². The van der Waals surface area contributed by atoms with Crippen molar-refractivity contribution in [3.05, 3.63) is 59.8 Å². The Kier molecular flexibility index (Phi) is 6.96. The Labute approximate surface area is 159 Å². The van der Waals surface area contributed by atoms with Crippen LogP contribution in [-0.2, 0) is 11.2 Å². The lowest BCUT2D eigenvalue weighted by atomic mass is 10.1. The summed E-state index contributed by atoms with van der Waals surface area (Å²) in [7, 11) is 0. The molecule has 6 nitrogen and oxygen atoms in total. The Hall–Kier alpha value is -2.62. The minimum absolute atomic E-state index is 0. The second-order valence-electron chi connectivity index (χ2n) is 6.12. The van der Waals surface area contributed by atoms with Crippen LogP contribution in [0.4, 0.5) is 5.82 Å². The molecule has 1 aliphatic heterocycles. The lowest BCUT2D eigenvalue weighted by Crippen LogP contribution is -2.53. The summed E-state index contributed by atoms with van der Waals surface area (Å²) in [6.07, 6.45) is 2.19. The summed E-state index contributed by atoms with van der Waals surface area (Å²) in [5.41, 5.74) is 7.77. The monoisotopic (exact) mass is 371 g/mol. The third-order valence-corrected chi connectivity index (χ3v) is 4.41. The zero-order valence-corrected chi connectivity index (χ0v) is 15.2. The molecule has 136 valence electrons. The van der Waals surface area contributed by atoms with Crippen molar-refractivity contribution in [2.24, 2.45) is 5.73 Å². The Bertz CT molecular complexity index is 769. The number of carbonyl (C=O) groups is 1. The van der Waals surface area contributed by atoms with E-state index in [0.717, 1.165) is 11.4 Å². The van der Waals surface area contributed by atoms with Gasteiger partial charge in [-0.2, -0.15) is 5.26 Å². The number of nitriles is 1. The molecule has 1 unspecified atom stereocenters. The second kappa shape index (κ2) is 9.18. The summed E-state index contributed by atoms with van der Waals surface area (Å²) in [5, 5.41) is 8.99. The van der Waals surface area contributed by atoms with Crippen LogP contribution in [0.1, 0.15) is 11.1 Å². The summed E-state index contributed by atoms with van der Waals surface area (Å²) >= 11 is 0. The van der Waals surface area contributed by atoms with Crippen LogP contribution in [0.5, 0.6) is 0 Å². The molecule has 7 heteroatoms. The highest BCUT2D eigenvalue weighted by atomic mass is 35.5. The maximum Gasteiger partial charge on any atom is 0.239 e. The van der Waals surface area contributed by atoms with Gasteiger partial charge in [0.15, 0.2) is 0 Å². The smallest absolute Gasteiger partial charge is 0.239 e. The van der Waals surface area contributed by atoms with E-state index in [-0.39, 0.29) is 18.3 Å². The van der Waals surface area contributed by atoms with Crippen LogP contribution < -0.4 is 10.6 Å². The number of carbonyl (C=O) groups excluding carboxylic acids is 1. The highest BCUT2D eigenvalue weighted by molar-refractivity contribution is 5.85. The standard InChI is InChI=1S/C19H21N5O.ClH/c20-14-16-6-7-22-18(13-16)23-8-10-24(11-9-23)19(25)17(21)12-15-4-2-1-3-5-15;/h1-7,13,17H,8-12,21H2;1H. The molecule has 1 saturated heterocycles. The zero-order chi connectivity index (χ0) is 17.6. The van der Waals surface area contributed by atoms with Crippen LogP contribution in [0.25, 0.3) is 0 Å². The summed E-state index contributed by atoms with van der Waals surface area (Å²) in [6, 6.07) is 14.9. The van der Waals surface area contributed by atoms with Gasteiger partial charge in [0.1, 0.15) is 5.82 Å². The van der Waals surface area contributed by atoms with Crippen LogP contribution >= 0.6 is 12.4 Å². The molecule has 1 aliphatic rings. The molecule has 3 rings (SSSR count). The summed E-state index contributed by atoms with van der Waals surface area (Å²) in [6.45, 7) is 2.59. The Balaban J connectivity index is 0.00000243. The fraction of sp³-hybridized carbons (Fsp3) is 0.316. The highest BCUT2D eigenvalue weighted by Gasteiger charge is 2.25. The van der Waals surface area contributed by atoms with E-state index in [4.69, 9.17) is 11.0 Å². The van der Waals surface area contributed by atoms with E-state index in [1.54, 1.807) is 18.3 Å². The normalized spacial score (nSPS) is 14.9. The lowest BCUT2D eigenvalue weighted by molar-refractivity contribution is -0.132. The number of halogens is 1. The number of pyridine rings is 1. The number of amides is 1. The molecule has 1 atom stereocenters. The molecule has 0 aliphatic carbocycles. The molecule has 0 radical (unpaired) electrons. The fourth-order valence-corrected chi connectivity index (χ4v) is 3.01. The molecule has 0 saturated carbocycles. The van der Waals surface area contributed by atoms with E-state index in [0.29, 0.717) is 38.2 Å². The fourth-order valence-electron chi connectivity index (χ4n) is 3.01. The van der Waals surface area contributed by atoms with Gasteiger partial charge in [0.05, 0.1) is 17.7 Å². The first-order valence-corrected chi connectivity index (χ1v) is 8.37. The molecule has 0 spiro atoms. The van der Waals surface area contributed by atoms with Crippen molar-refractivity contribution in [1.82, 2.24) is 9.88 Å². The largest absolute Gasteiger partial charge is 0.353 e. The number of hydrogen-bond donors (Lipinski definition) is 1. The number of rotatable bonds is 4. The van der Waals surface area contributed by atoms with Crippen LogP contribution in [0.3, 0.4) is 0 Å². The average molecular weight is 372 g/mol. The van der Waals surface area contributed by atoms with Crippen molar-refractivity contribution < 1.29 is 4.79 Å². The van der Waals surface area contributed by atoms with Crippen molar-refractivity contribution in [2.75, 3.05) is 31.1 Å². The summed E-state index contributed by atoms with van der Waals surface area (Å²) in [5.74, 6) is 0.766. The number of benzene rings is 1. The van der Waals surface area contributed by atoms with Gasteiger partial charge in [-0.15, -0.1) is 12.4 Å². The van der Waals surface area contributed by atoms with Gasteiger partial charge in [-0.05, 0) is 24.1 Å². The molecule has 2 aromatic rings. The van der Waals surface area contributed by atoms with Gasteiger partial charge in [-0.1, -0.05) is 30.3 Å². The maximum atomic E-state index is 12.6. The molecule has 2 heterocycles. The summed E-state index contributed by atoms with van der Waals surface area (Å²) < 4.78 is 0. The topological polar surface area (TPSA) is 86.2 Å². The molecular formula is C19H22ClN5O. The lowest BCUT2D eigenvalue weighted by Gasteiger charge is -2.36. The molecule has 1 aromatic heterocycles. The Morgan fingerprint density at radius 3 is 2.54 bits per heavy atom. The molecule has 0 bridgehead atoms. The van der Waals surface area contributed by atoms with E-state index in [1.807, 2.05) is 35.2 Å². The average Bonchev–Trinajstić information content (AvgIpc) is 2.68. The van der Waals surface area contributed by atoms with E-state index in [9.17, 15) is 4.79 Å². The minimum atomic E-state index is -0.519. The van der Waals surface area contributed by atoms with Gasteiger partial charge >= 0.3 is 0 Å². The first-order valence-electron chi connectivity index (χ1n) is 8.37. The number of hydrogen-bond acceptors (Lipinski definition) is 5. The first-order chi connectivity index (χ1) is 12.2. The molecule has 1 fully saturated rings. The van der Waals surface area contributed by atoms with Crippen LogP contribution in [-0.4, -0.2) is 48.0 Å². The molecule has 26 heavy (non-hydrogen) atoms. The van der Waals surface area contributed by atoms with Gasteiger partial charge < -0.3 is 15.5 Å².